The van der Waals surface area contributed by atoms with Crippen molar-refractivity contribution in [3.63, 3.8) is 0 Å². The summed E-state index contributed by atoms with van der Waals surface area (Å²) in [5.41, 5.74) is 1.31. The number of carbonyl (C=O) groups excluding carboxylic acids is 2. The lowest BCUT2D eigenvalue weighted by molar-refractivity contribution is 0.0949. The molecule has 0 radical (unpaired) electrons. The summed E-state index contributed by atoms with van der Waals surface area (Å²) in [6, 6.07) is 17.4. The highest BCUT2D eigenvalue weighted by Crippen LogP contribution is 2.18. The lowest BCUT2D eigenvalue weighted by Gasteiger charge is -2.11. The summed E-state index contributed by atoms with van der Waals surface area (Å²) in [5.74, 6) is 0.794. The average Bonchev–Trinajstić information content (AvgIpc) is 3.27. The molecule has 2 aromatic carbocycles. The number of para-hydroxylation sites is 1. The number of rotatable bonds is 9. The van der Waals surface area contributed by atoms with Crippen molar-refractivity contribution >= 4 is 17.5 Å². The Morgan fingerprint density at radius 1 is 0.966 bits per heavy atom. The van der Waals surface area contributed by atoms with Gasteiger partial charge >= 0.3 is 0 Å². The molecule has 0 aliphatic heterocycles. The van der Waals surface area contributed by atoms with Crippen molar-refractivity contribution in [1.82, 2.24) is 5.32 Å². The van der Waals surface area contributed by atoms with Gasteiger partial charge in [-0.1, -0.05) is 25.5 Å². The number of benzene rings is 2. The third-order valence-corrected chi connectivity index (χ3v) is 4.31. The highest BCUT2D eigenvalue weighted by Gasteiger charge is 2.14. The summed E-state index contributed by atoms with van der Waals surface area (Å²) < 4.78 is 10.8. The third-order valence-electron chi connectivity index (χ3n) is 4.31. The molecule has 3 rings (SSSR count). The average molecular weight is 392 g/mol. The number of amides is 2. The van der Waals surface area contributed by atoms with Gasteiger partial charge in [0.15, 0.2) is 0 Å². The summed E-state index contributed by atoms with van der Waals surface area (Å²) >= 11 is 0. The maximum absolute atomic E-state index is 12.6. The predicted molar refractivity (Wildman–Crippen MR) is 111 cm³/mol. The van der Waals surface area contributed by atoms with E-state index in [-0.39, 0.29) is 18.4 Å². The minimum Gasteiger partial charge on any atom is -0.494 e. The second-order valence-electron chi connectivity index (χ2n) is 6.49. The lowest BCUT2D eigenvalue weighted by Crippen LogP contribution is -2.24. The van der Waals surface area contributed by atoms with Gasteiger partial charge in [-0.2, -0.15) is 0 Å². The monoisotopic (exact) mass is 392 g/mol. The minimum absolute atomic E-state index is 0.271. The van der Waals surface area contributed by atoms with Crippen molar-refractivity contribution in [3.05, 3.63) is 83.8 Å². The number of carbonyl (C=O) groups is 2. The number of unbranched alkanes of at least 4 members (excludes halogenated alkanes) is 1. The molecule has 2 N–H and O–H groups in total. The number of furan rings is 1. The molecule has 0 bridgehead atoms. The van der Waals surface area contributed by atoms with Gasteiger partial charge in [-0.15, -0.1) is 0 Å². The Morgan fingerprint density at radius 3 is 2.48 bits per heavy atom. The maximum atomic E-state index is 12.6. The van der Waals surface area contributed by atoms with E-state index in [2.05, 4.69) is 17.6 Å². The van der Waals surface area contributed by atoms with Crippen LogP contribution in [0.2, 0.25) is 0 Å². The van der Waals surface area contributed by atoms with Crippen molar-refractivity contribution in [2.24, 2.45) is 0 Å². The number of hydrogen-bond acceptors (Lipinski definition) is 4. The van der Waals surface area contributed by atoms with Gasteiger partial charge in [0, 0.05) is 5.56 Å². The highest BCUT2D eigenvalue weighted by atomic mass is 16.5. The Morgan fingerprint density at radius 2 is 1.76 bits per heavy atom. The summed E-state index contributed by atoms with van der Waals surface area (Å²) in [7, 11) is 0. The van der Waals surface area contributed by atoms with E-state index in [0.717, 1.165) is 18.6 Å². The molecule has 0 aliphatic rings. The molecule has 0 saturated heterocycles. The first-order valence-corrected chi connectivity index (χ1v) is 9.61. The number of nitrogens with one attached hydrogen (secondary N) is 2. The van der Waals surface area contributed by atoms with Crippen LogP contribution in [0, 0.1) is 0 Å². The lowest BCUT2D eigenvalue weighted by atomic mass is 10.1. The van der Waals surface area contributed by atoms with Gasteiger partial charge in [0.2, 0.25) is 0 Å². The standard InChI is InChI=1S/C23H24N2O4/c1-2-3-14-28-18-12-10-17(11-13-18)22(26)25-21-9-5-4-8-20(21)23(27)24-16-19-7-6-15-29-19/h4-13,15H,2-3,14,16H2,1H3,(H,24,27)(H,25,26). The molecule has 150 valence electrons. The topological polar surface area (TPSA) is 80.6 Å². The van der Waals surface area contributed by atoms with Crippen molar-refractivity contribution in [2.75, 3.05) is 11.9 Å². The number of ether oxygens (including phenoxy) is 1. The first kappa shape index (κ1) is 20.2. The van der Waals surface area contributed by atoms with E-state index in [0.29, 0.717) is 29.2 Å². The molecule has 1 heterocycles. The van der Waals surface area contributed by atoms with Crippen LogP contribution < -0.4 is 15.4 Å². The predicted octanol–water partition coefficient (Wildman–Crippen LogP) is 4.64. The minimum atomic E-state index is -0.295. The summed E-state index contributed by atoms with van der Waals surface area (Å²) in [6.45, 7) is 3.03. The molecular weight excluding hydrogens is 368 g/mol. The second kappa shape index (κ2) is 10.1. The van der Waals surface area contributed by atoms with E-state index in [1.807, 2.05) is 0 Å². The maximum Gasteiger partial charge on any atom is 0.255 e. The van der Waals surface area contributed by atoms with Gasteiger partial charge in [-0.3, -0.25) is 9.59 Å². The molecule has 0 atom stereocenters. The van der Waals surface area contributed by atoms with Crippen LogP contribution in [0.3, 0.4) is 0 Å². The number of anilines is 1. The second-order valence-corrected chi connectivity index (χ2v) is 6.49. The highest BCUT2D eigenvalue weighted by molar-refractivity contribution is 6.09. The van der Waals surface area contributed by atoms with Gasteiger partial charge in [-0.05, 0) is 55.0 Å². The Bertz CT molecular complexity index is 934. The molecule has 6 nitrogen and oxygen atoms in total. The molecule has 1 aromatic heterocycles. The Balaban J connectivity index is 1.63. The van der Waals surface area contributed by atoms with Crippen LogP contribution in [-0.4, -0.2) is 18.4 Å². The zero-order valence-corrected chi connectivity index (χ0v) is 16.3. The van der Waals surface area contributed by atoms with Crippen LogP contribution in [-0.2, 0) is 6.54 Å². The zero-order valence-electron chi connectivity index (χ0n) is 16.3. The smallest absolute Gasteiger partial charge is 0.255 e. The number of hydrogen-bond donors (Lipinski definition) is 2. The molecule has 29 heavy (non-hydrogen) atoms. The van der Waals surface area contributed by atoms with Gasteiger partial charge in [-0.25, -0.2) is 0 Å². The molecule has 0 fully saturated rings. The van der Waals surface area contributed by atoms with Gasteiger partial charge in [0.1, 0.15) is 11.5 Å². The molecule has 0 saturated carbocycles. The van der Waals surface area contributed by atoms with Crippen molar-refractivity contribution in [2.45, 2.75) is 26.3 Å². The van der Waals surface area contributed by atoms with Crippen LogP contribution >= 0.6 is 0 Å². The molecule has 0 spiro atoms. The van der Waals surface area contributed by atoms with Crippen molar-refractivity contribution < 1.29 is 18.7 Å². The van der Waals surface area contributed by atoms with E-state index in [1.54, 1.807) is 66.9 Å². The third kappa shape index (κ3) is 5.72. The Hall–Kier alpha value is -3.54. The summed E-state index contributed by atoms with van der Waals surface area (Å²) in [4.78, 5) is 25.1. The van der Waals surface area contributed by atoms with Crippen LogP contribution in [0.15, 0.2) is 71.3 Å². The molecule has 6 heteroatoms. The van der Waals surface area contributed by atoms with E-state index >= 15 is 0 Å². The van der Waals surface area contributed by atoms with Crippen LogP contribution in [0.5, 0.6) is 5.75 Å². The Labute approximate surface area is 169 Å². The summed E-state index contributed by atoms with van der Waals surface area (Å²) in [6.07, 6.45) is 3.60. The van der Waals surface area contributed by atoms with Crippen LogP contribution in [0.25, 0.3) is 0 Å². The fraction of sp³-hybridized carbons (Fsp3) is 0.217. The van der Waals surface area contributed by atoms with Crippen LogP contribution in [0.4, 0.5) is 5.69 Å². The largest absolute Gasteiger partial charge is 0.494 e. The van der Waals surface area contributed by atoms with E-state index < -0.39 is 0 Å². The molecular formula is C23H24N2O4. The van der Waals surface area contributed by atoms with Crippen molar-refractivity contribution in [3.8, 4) is 5.75 Å². The summed E-state index contributed by atoms with van der Waals surface area (Å²) in [5, 5.41) is 5.59. The van der Waals surface area contributed by atoms with Gasteiger partial charge in [0.25, 0.3) is 11.8 Å². The molecule has 0 unspecified atom stereocenters. The first-order chi connectivity index (χ1) is 14.2. The van der Waals surface area contributed by atoms with E-state index in [4.69, 9.17) is 9.15 Å². The molecule has 3 aromatic rings. The van der Waals surface area contributed by atoms with Crippen LogP contribution in [0.1, 0.15) is 46.2 Å². The zero-order chi connectivity index (χ0) is 20.5. The fourth-order valence-electron chi connectivity index (χ4n) is 2.70. The quantitative estimate of drug-likeness (QED) is 0.520. The van der Waals surface area contributed by atoms with Gasteiger partial charge < -0.3 is 19.8 Å². The first-order valence-electron chi connectivity index (χ1n) is 9.61. The fourth-order valence-corrected chi connectivity index (χ4v) is 2.70. The van der Waals surface area contributed by atoms with E-state index in [9.17, 15) is 9.59 Å². The Kier molecular flexibility index (Phi) is 7.05. The normalized spacial score (nSPS) is 10.4. The molecule has 0 aliphatic carbocycles. The van der Waals surface area contributed by atoms with Crippen molar-refractivity contribution in [1.29, 1.82) is 0 Å². The van der Waals surface area contributed by atoms with Gasteiger partial charge in [0.05, 0.1) is 30.7 Å². The molecule has 2 amide bonds. The van der Waals surface area contributed by atoms with E-state index in [1.165, 1.54) is 0 Å². The SMILES string of the molecule is CCCCOc1ccc(C(=O)Nc2ccccc2C(=O)NCc2ccco2)cc1.